The van der Waals surface area contributed by atoms with E-state index in [2.05, 4.69) is 6.07 Å². The lowest BCUT2D eigenvalue weighted by Crippen LogP contribution is -2.12. The van der Waals surface area contributed by atoms with Crippen LogP contribution in [0, 0.1) is 11.3 Å². The van der Waals surface area contributed by atoms with Gasteiger partial charge in [0, 0.05) is 6.54 Å². The minimum atomic E-state index is -0.382. The molecular weight excluding hydrogens is 216 g/mol. The molecule has 0 aromatic heterocycles. The number of nitriles is 1. The minimum Gasteiger partial charge on any atom is -0.462 e. The first-order valence-corrected chi connectivity index (χ1v) is 5.60. The van der Waals surface area contributed by atoms with E-state index >= 15 is 0 Å². The molecule has 0 bridgehead atoms. The highest BCUT2D eigenvalue weighted by Crippen LogP contribution is 2.18. The molecule has 0 spiro atoms. The second-order valence-corrected chi connectivity index (χ2v) is 3.56. The Morgan fingerprint density at radius 2 is 2.12 bits per heavy atom. The second-order valence-electron chi connectivity index (χ2n) is 3.56. The van der Waals surface area contributed by atoms with Crippen molar-refractivity contribution >= 4 is 5.97 Å². The molecule has 0 atom stereocenters. The van der Waals surface area contributed by atoms with E-state index in [1.54, 1.807) is 19.1 Å². The van der Waals surface area contributed by atoms with Gasteiger partial charge in [0.25, 0.3) is 0 Å². The first-order valence-electron chi connectivity index (χ1n) is 5.60. The molecule has 0 aliphatic heterocycles. The Bertz CT molecular complexity index is 461. The number of rotatable bonds is 4. The van der Waals surface area contributed by atoms with Crippen LogP contribution < -0.4 is 5.73 Å². The average Bonchev–Trinajstić information content (AvgIpc) is 2.37. The molecule has 4 nitrogen and oxygen atoms in total. The number of hydrogen-bond acceptors (Lipinski definition) is 4. The maximum absolute atomic E-state index is 11.7. The molecule has 0 saturated carbocycles. The zero-order chi connectivity index (χ0) is 12.8. The Balaban J connectivity index is 3.29. The number of nitrogens with zero attached hydrogens (tertiary/aromatic N) is 1. The zero-order valence-electron chi connectivity index (χ0n) is 10.1. The van der Waals surface area contributed by atoms with Gasteiger partial charge in [-0.3, -0.25) is 0 Å². The molecule has 0 heterocycles. The van der Waals surface area contributed by atoms with Crippen molar-refractivity contribution in [2.75, 3.05) is 6.61 Å². The van der Waals surface area contributed by atoms with Crippen molar-refractivity contribution in [3.05, 3.63) is 34.4 Å². The number of aryl methyl sites for hydroxylation is 1. The van der Waals surface area contributed by atoms with Gasteiger partial charge in [-0.15, -0.1) is 0 Å². The van der Waals surface area contributed by atoms with Crippen LogP contribution in [0.1, 0.15) is 40.9 Å². The summed E-state index contributed by atoms with van der Waals surface area (Å²) in [6.07, 6.45) is 0.695. The first-order chi connectivity index (χ1) is 8.17. The predicted molar refractivity (Wildman–Crippen MR) is 64.4 cm³/mol. The van der Waals surface area contributed by atoms with Crippen LogP contribution in [0.5, 0.6) is 0 Å². The van der Waals surface area contributed by atoms with E-state index in [9.17, 15) is 4.79 Å². The van der Waals surface area contributed by atoms with Crippen molar-refractivity contribution < 1.29 is 9.53 Å². The van der Waals surface area contributed by atoms with Gasteiger partial charge in [0.05, 0.1) is 23.8 Å². The molecule has 0 amide bonds. The monoisotopic (exact) mass is 232 g/mol. The lowest BCUT2D eigenvalue weighted by molar-refractivity contribution is 0.0525. The molecule has 90 valence electrons. The van der Waals surface area contributed by atoms with Crippen molar-refractivity contribution in [1.82, 2.24) is 0 Å². The summed E-state index contributed by atoms with van der Waals surface area (Å²) in [7, 11) is 0. The fraction of sp³-hybridized carbons (Fsp3) is 0.385. The van der Waals surface area contributed by atoms with E-state index in [0.717, 1.165) is 5.56 Å². The van der Waals surface area contributed by atoms with Gasteiger partial charge < -0.3 is 10.5 Å². The Morgan fingerprint density at radius 3 is 2.59 bits per heavy atom. The molecule has 2 N–H and O–H groups in total. The fourth-order valence-electron chi connectivity index (χ4n) is 1.65. The van der Waals surface area contributed by atoms with Crippen molar-refractivity contribution in [2.45, 2.75) is 26.8 Å². The second kappa shape index (κ2) is 6.02. The molecule has 4 heteroatoms. The largest absolute Gasteiger partial charge is 0.462 e. The van der Waals surface area contributed by atoms with E-state index in [0.29, 0.717) is 29.7 Å². The zero-order valence-corrected chi connectivity index (χ0v) is 10.1. The number of carbonyl (C=O) groups excluding carboxylic acids is 1. The van der Waals surface area contributed by atoms with Gasteiger partial charge in [-0.1, -0.05) is 6.92 Å². The molecule has 1 rings (SSSR count). The number of ether oxygens (including phenoxy) is 1. The third-order valence-corrected chi connectivity index (χ3v) is 2.55. The Hall–Kier alpha value is -1.86. The Labute approximate surface area is 101 Å². The summed E-state index contributed by atoms with van der Waals surface area (Å²) in [6, 6.07) is 5.49. The third kappa shape index (κ3) is 2.83. The van der Waals surface area contributed by atoms with Crippen LogP contribution in [0.25, 0.3) is 0 Å². The fourth-order valence-corrected chi connectivity index (χ4v) is 1.65. The molecule has 0 radical (unpaired) electrons. The highest BCUT2D eigenvalue weighted by molar-refractivity contribution is 5.91. The molecule has 0 aliphatic carbocycles. The summed E-state index contributed by atoms with van der Waals surface area (Å²) in [4.78, 5) is 11.7. The SMILES string of the molecule is CCOC(=O)c1cc(CC)c(C#N)cc1CN. The number of hydrogen-bond donors (Lipinski definition) is 1. The van der Waals surface area contributed by atoms with Crippen molar-refractivity contribution in [2.24, 2.45) is 5.73 Å². The van der Waals surface area contributed by atoms with Gasteiger partial charge in [0.1, 0.15) is 0 Å². The van der Waals surface area contributed by atoms with Crippen molar-refractivity contribution in [3.8, 4) is 6.07 Å². The van der Waals surface area contributed by atoms with Gasteiger partial charge in [0.2, 0.25) is 0 Å². The maximum atomic E-state index is 11.7. The molecule has 0 saturated heterocycles. The van der Waals surface area contributed by atoms with Gasteiger partial charge in [0.15, 0.2) is 0 Å². The van der Waals surface area contributed by atoms with E-state index in [1.807, 2.05) is 6.92 Å². The number of nitrogens with two attached hydrogens (primary N) is 1. The average molecular weight is 232 g/mol. The molecule has 0 aliphatic rings. The van der Waals surface area contributed by atoms with Gasteiger partial charge in [-0.05, 0) is 36.6 Å². The minimum absolute atomic E-state index is 0.215. The van der Waals surface area contributed by atoms with Gasteiger partial charge in [-0.2, -0.15) is 5.26 Å². The topological polar surface area (TPSA) is 76.1 Å². The molecule has 0 unspecified atom stereocenters. The highest BCUT2D eigenvalue weighted by atomic mass is 16.5. The number of carbonyl (C=O) groups is 1. The highest BCUT2D eigenvalue weighted by Gasteiger charge is 2.15. The van der Waals surface area contributed by atoms with Crippen LogP contribution in [0.2, 0.25) is 0 Å². The van der Waals surface area contributed by atoms with Gasteiger partial charge >= 0.3 is 5.97 Å². The maximum Gasteiger partial charge on any atom is 0.338 e. The van der Waals surface area contributed by atoms with Crippen LogP contribution in [0.15, 0.2) is 12.1 Å². The van der Waals surface area contributed by atoms with Crippen LogP contribution in [-0.4, -0.2) is 12.6 Å². The number of esters is 1. The standard InChI is InChI=1S/C13H16N2O2/c1-3-9-6-12(13(16)17-4-2)11(8-15)5-10(9)7-14/h5-6H,3-4,8,15H2,1-2H3. The van der Waals surface area contributed by atoms with E-state index in [4.69, 9.17) is 15.7 Å². The van der Waals surface area contributed by atoms with Crippen LogP contribution in [-0.2, 0) is 17.7 Å². The van der Waals surface area contributed by atoms with E-state index in [-0.39, 0.29) is 12.5 Å². The lowest BCUT2D eigenvalue weighted by Gasteiger charge is -2.10. The normalized spacial score (nSPS) is 9.76. The summed E-state index contributed by atoms with van der Waals surface area (Å²) >= 11 is 0. The molecule has 17 heavy (non-hydrogen) atoms. The predicted octanol–water partition coefficient (Wildman–Crippen LogP) is 1.76. The summed E-state index contributed by atoms with van der Waals surface area (Å²) in [5.74, 6) is -0.382. The van der Waals surface area contributed by atoms with Crippen LogP contribution in [0.3, 0.4) is 0 Å². The van der Waals surface area contributed by atoms with Crippen LogP contribution in [0.4, 0.5) is 0 Å². The third-order valence-electron chi connectivity index (χ3n) is 2.55. The molecular formula is C13H16N2O2. The lowest BCUT2D eigenvalue weighted by atomic mass is 9.97. The van der Waals surface area contributed by atoms with Crippen molar-refractivity contribution in [3.63, 3.8) is 0 Å². The Morgan fingerprint density at radius 1 is 1.41 bits per heavy atom. The summed E-state index contributed by atoms with van der Waals surface area (Å²) in [6.45, 7) is 4.23. The number of benzene rings is 1. The molecule has 1 aromatic carbocycles. The summed E-state index contributed by atoms with van der Waals surface area (Å²) in [5, 5.41) is 9.00. The summed E-state index contributed by atoms with van der Waals surface area (Å²) in [5.41, 5.74) is 8.11. The van der Waals surface area contributed by atoms with E-state index < -0.39 is 0 Å². The van der Waals surface area contributed by atoms with Gasteiger partial charge in [-0.25, -0.2) is 4.79 Å². The van der Waals surface area contributed by atoms with E-state index in [1.165, 1.54) is 0 Å². The van der Waals surface area contributed by atoms with Crippen molar-refractivity contribution in [1.29, 1.82) is 5.26 Å². The molecule has 0 fully saturated rings. The summed E-state index contributed by atoms with van der Waals surface area (Å²) < 4.78 is 4.97. The quantitative estimate of drug-likeness (QED) is 0.802. The van der Waals surface area contributed by atoms with Crippen LogP contribution >= 0.6 is 0 Å². The molecule has 1 aromatic rings. The first kappa shape index (κ1) is 13.2. The smallest absolute Gasteiger partial charge is 0.338 e. The Kier molecular flexibility index (Phi) is 4.68.